The second-order valence-electron chi connectivity index (χ2n) is 6.54. The Labute approximate surface area is 138 Å². The minimum Gasteiger partial charge on any atom is -0.484 e. The molecular weight excluding hydrogens is 292 g/mol. The smallest absolute Gasteiger partial charge is 0.259 e. The van der Waals surface area contributed by atoms with Gasteiger partial charge in [0.1, 0.15) is 5.75 Å². The summed E-state index contributed by atoms with van der Waals surface area (Å²) in [5.74, 6) is 0.660. The molecule has 1 aromatic rings. The van der Waals surface area contributed by atoms with Crippen molar-refractivity contribution < 1.29 is 14.6 Å². The Bertz CT molecular complexity index is 511. The third kappa shape index (κ3) is 5.52. The third-order valence-corrected chi connectivity index (χ3v) is 4.40. The van der Waals surface area contributed by atoms with Gasteiger partial charge in [0.25, 0.3) is 5.91 Å². The molecule has 1 aliphatic carbocycles. The monoisotopic (exact) mass is 320 g/mol. The van der Waals surface area contributed by atoms with Crippen molar-refractivity contribution >= 4 is 5.91 Å². The van der Waals surface area contributed by atoms with Crippen LogP contribution in [-0.4, -0.2) is 48.8 Å². The summed E-state index contributed by atoms with van der Waals surface area (Å²) in [6.07, 6.45) is 3.65. The summed E-state index contributed by atoms with van der Waals surface area (Å²) in [5, 5.41) is 13.2. The molecule has 1 atom stereocenters. The van der Waals surface area contributed by atoms with E-state index in [-0.39, 0.29) is 24.7 Å². The van der Waals surface area contributed by atoms with Gasteiger partial charge in [-0.2, -0.15) is 0 Å². The lowest BCUT2D eigenvalue weighted by Gasteiger charge is -2.29. The van der Waals surface area contributed by atoms with Crippen LogP contribution in [0.25, 0.3) is 0 Å². The number of carbonyl (C=O) groups excluding carboxylic acids is 1. The van der Waals surface area contributed by atoms with Crippen molar-refractivity contribution in [3.63, 3.8) is 0 Å². The lowest BCUT2D eigenvalue weighted by atomic mass is 9.92. The van der Waals surface area contributed by atoms with Crippen molar-refractivity contribution in [3.05, 3.63) is 29.8 Å². The number of benzene rings is 1. The molecule has 0 saturated heterocycles. The average Bonchev–Trinajstić information content (AvgIpc) is 2.54. The molecule has 1 amide bonds. The van der Waals surface area contributed by atoms with Gasteiger partial charge >= 0.3 is 0 Å². The number of hydrogen-bond donors (Lipinski definition) is 2. The quantitative estimate of drug-likeness (QED) is 0.843. The van der Waals surface area contributed by atoms with Gasteiger partial charge < -0.3 is 20.1 Å². The van der Waals surface area contributed by atoms with E-state index in [1.54, 1.807) is 14.1 Å². The van der Waals surface area contributed by atoms with Crippen molar-refractivity contribution in [2.45, 2.75) is 50.8 Å². The topological polar surface area (TPSA) is 61.8 Å². The SMILES string of the molecule is CC(NC1CCC(O)CC1)c1cccc(OCC(=O)N(C)C)c1. The van der Waals surface area contributed by atoms with Crippen LogP contribution in [0.1, 0.15) is 44.2 Å². The first kappa shape index (κ1) is 17.8. The van der Waals surface area contributed by atoms with Gasteiger partial charge in [-0.05, 0) is 50.3 Å². The van der Waals surface area contributed by atoms with Gasteiger partial charge in [0, 0.05) is 26.2 Å². The normalized spacial score (nSPS) is 22.4. The van der Waals surface area contributed by atoms with Crippen LogP contribution >= 0.6 is 0 Å². The fourth-order valence-electron chi connectivity index (χ4n) is 2.84. The largest absolute Gasteiger partial charge is 0.484 e. The van der Waals surface area contributed by atoms with E-state index in [2.05, 4.69) is 18.3 Å². The highest BCUT2D eigenvalue weighted by atomic mass is 16.5. The fourth-order valence-corrected chi connectivity index (χ4v) is 2.84. The predicted octanol–water partition coefficient (Wildman–Crippen LogP) is 2.11. The highest BCUT2D eigenvalue weighted by Crippen LogP contribution is 2.24. The summed E-state index contributed by atoms with van der Waals surface area (Å²) < 4.78 is 5.57. The number of amides is 1. The molecule has 5 heteroatoms. The number of aliphatic hydroxyl groups excluding tert-OH is 1. The molecule has 1 unspecified atom stereocenters. The molecule has 0 aromatic heterocycles. The molecule has 23 heavy (non-hydrogen) atoms. The van der Waals surface area contributed by atoms with Crippen molar-refractivity contribution in [3.8, 4) is 5.75 Å². The lowest BCUT2D eigenvalue weighted by molar-refractivity contribution is -0.130. The van der Waals surface area contributed by atoms with Crippen molar-refractivity contribution in [1.29, 1.82) is 0 Å². The second-order valence-corrected chi connectivity index (χ2v) is 6.54. The fraction of sp³-hybridized carbons (Fsp3) is 0.611. The van der Waals surface area contributed by atoms with Crippen LogP contribution in [0.5, 0.6) is 5.75 Å². The number of aliphatic hydroxyl groups is 1. The van der Waals surface area contributed by atoms with Crippen LogP contribution in [-0.2, 0) is 4.79 Å². The maximum absolute atomic E-state index is 11.6. The Morgan fingerprint density at radius 1 is 1.35 bits per heavy atom. The van der Waals surface area contributed by atoms with Gasteiger partial charge in [0.05, 0.1) is 6.10 Å². The summed E-state index contributed by atoms with van der Waals surface area (Å²) >= 11 is 0. The minimum absolute atomic E-state index is 0.0534. The maximum Gasteiger partial charge on any atom is 0.259 e. The molecular formula is C18H28N2O3. The maximum atomic E-state index is 11.6. The molecule has 0 aliphatic heterocycles. The standard InChI is InChI=1S/C18H28N2O3/c1-13(19-15-7-9-16(21)10-8-15)14-5-4-6-17(11-14)23-12-18(22)20(2)3/h4-6,11,13,15-16,19,21H,7-10,12H2,1-3H3. The molecule has 0 spiro atoms. The summed E-state index contributed by atoms with van der Waals surface area (Å²) in [4.78, 5) is 13.1. The second kappa shape index (κ2) is 8.31. The molecule has 0 heterocycles. The number of carbonyl (C=O) groups is 1. The Hall–Kier alpha value is -1.59. The first-order valence-corrected chi connectivity index (χ1v) is 8.32. The van der Waals surface area contributed by atoms with Crippen LogP contribution in [0.4, 0.5) is 0 Å². The van der Waals surface area contributed by atoms with Crippen molar-refractivity contribution in [2.75, 3.05) is 20.7 Å². The molecule has 2 N–H and O–H groups in total. The molecule has 0 radical (unpaired) electrons. The highest BCUT2D eigenvalue weighted by Gasteiger charge is 2.21. The van der Waals surface area contributed by atoms with Gasteiger partial charge in [0.15, 0.2) is 6.61 Å². The number of ether oxygens (including phenoxy) is 1. The van der Waals surface area contributed by atoms with Crippen molar-refractivity contribution in [1.82, 2.24) is 10.2 Å². The Kier molecular flexibility index (Phi) is 6.42. The lowest BCUT2D eigenvalue weighted by Crippen LogP contribution is -2.36. The number of hydrogen-bond acceptors (Lipinski definition) is 4. The molecule has 1 fully saturated rings. The molecule has 1 aromatic carbocycles. The van der Waals surface area contributed by atoms with Crippen LogP contribution in [0.3, 0.4) is 0 Å². The first-order chi connectivity index (χ1) is 11.0. The van der Waals surface area contributed by atoms with Gasteiger partial charge in [-0.3, -0.25) is 4.79 Å². The van der Waals surface area contributed by atoms with E-state index in [4.69, 9.17) is 4.74 Å². The molecule has 0 bridgehead atoms. The van der Waals surface area contributed by atoms with E-state index in [9.17, 15) is 9.90 Å². The van der Waals surface area contributed by atoms with Crippen molar-refractivity contribution in [2.24, 2.45) is 0 Å². The van der Waals surface area contributed by atoms with Gasteiger partial charge in [-0.15, -0.1) is 0 Å². The van der Waals surface area contributed by atoms with Gasteiger partial charge in [-0.1, -0.05) is 12.1 Å². The van der Waals surface area contributed by atoms with E-state index < -0.39 is 0 Å². The van der Waals surface area contributed by atoms with E-state index in [0.29, 0.717) is 11.8 Å². The zero-order valence-electron chi connectivity index (χ0n) is 14.3. The minimum atomic E-state index is -0.130. The highest BCUT2D eigenvalue weighted by molar-refractivity contribution is 5.77. The number of rotatable bonds is 6. The van der Waals surface area contributed by atoms with E-state index in [0.717, 1.165) is 31.2 Å². The molecule has 1 aliphatic rings. The number of nitrogens with zero attached hydrogens (tertiary/aromatic N) is 1. The summed E-state index contributed by atoms with van der Waals surface area (Å²) in [5.41, 5.74) is 1.14. The average molecular weight is 320 g/mol. The third-order valence-electron chi connectivity index (χ3n) is 4.40. The van der Waals surface area contributed by atoms with Crippen LogP contribution in [0, 0.1) is 0 Å². The van der Waals surface area contributed by atoms with E-state index >= 15 is 0 Å². The number of nitrogens with one attached hydrogen (secondary N) is 1. The van der Waals surface area contributed by atoms with Gasteiger partial charge in [-0.25, -0.2) is 0 Å². The molecule has 5 nitrogen and oxygen atoms in total. The van der Waals surface area contributed by atoms with Gasteiger partial charge in [0.2, 0.25) is 0 Å². The predicted molar refractivity (Wildman–Crippen MR) is 90.4 cm³/mol. The Morgan fingerprint density at radius 3 is 2.70 bits per heavy atom. The van der Waals surface area contributed by atoms with E-state index in [1.165, 1.54) is 4.90 Å². The van der Waals surface area contributed by atoms with Crippen LogP contribution in [0.2, 0.25) is 0 Å². The molecule has 128 valence electrons. The Balaban J connectivity index is 1.89. The summed E-state index contributed by atoms with van der Waals surface area (Å²) in [7, 11) is 3.43. The van der Waals surface area contributed by atoms with E-state index in [1.807, 2.05) is 18.2 Å². The van der Waals surface area contributed by atoms with Crippen LogP contribution in [0.15, 0.2) is 24.3 Å². The first-order valence-electron chi connectivity index (χ1n) is 8.32. The van der Waals surface area contributed by atoms with Crippen LogP contribution < -0.4 is 10.1 Å². The zero-order chi connectivity index (χ0) is 16.8. The number of likely N-dealkylation sites (N-methyl/N-ethyl adjacent to an activating group) is 1. The molecule has 1 saturated carbocycles. The summed E-state index contributed by atoms with van der Waals surface area (Å²) in [6.45, 7) is 2.19. The Morgan fingerprint density at radius 2 is 2.04 bits per heavy atom. The summed E-state index contributed by atoms with van der Waals surface area (Å²) in [6, 6.07) is 8.54. The molecule has 2 rings (SSSR count). The zero-order valence-corrected chi connectivity index (χ0v) is 14.3.